The molecule has 0 radical (unpaired) electrons. The average molecular weight is 291 g/mol. The molecule has 0 unspecified atom stereocenters. The molecule has 1 aromatic heterocycles. The highest BCUT2D eigenvalue weighted by molar-refractivity contribution is 7.90. The molecule has 1 aliphatic heterocycles. The van der Waals surface area contributed by atoms with E-state index in [1.807, 2.05) is 0 Å². The van der Waals surface area contributed by atoms with E-state index in [9.17, 15) is 8.42 Å². The number of sulfone groups is 1. The van der Waals surface area contributed by atoms with Gasteiger partial charge in [-0.25, -0.2) is 8.42 Å². The first-order valence-corrected chi connectivity index (χ1v) is 7.78. The Balaban J connectivity index is 0.00000162. The van der Waals surface area contributed by atoms with E-state index in [-0.39, 0.29) is 18.2 Å². The average Bonchev–Trinajstić information content (AvgIpc) is 2.30. The molecule has 1 aliphatic rings. The van der Waals surface area contributed by atoms with Crippen molar-refractivity contribution in [3.05, 3.63) is 30.1 Å². The van der Waals surface area contributed by atoms with Gasteiger partial charge in [0, 0.05) is 12.4 Å². The van der Waals surface area contributed by atoms with Gasteiger partial charge in [-0.15, -0.1) is 12.4 Å². The normalized spacial score (nSPS) is 17.1. The summed E-state index contributed by atoms with van der Waals surface area (Å²) in [6.45, 7) is 1.88. The Bertz CT molecular complexity index is 444. The molecule has 1 aromatic rings. The van der Waals surface area contributed by atoms with Crippen LogP contribution in [0.3, 0.4) is 0 Å². The third-order valence-electron chi connectivity index (χ3n) is 3.08. The summed E-state index contributed by atoms with van der Waals surface area (Å²) in [5.74, 6) is 0.777. The fourth-order valence-corrected chi connectivity index (χ4v) is 4.07. The van der Waals surface area contributed by atoms with E-state index in [1.54, 1.807) is 24.5 Å². The molecule has 2 rings (SSSR count). The van der Waals surface area contributed by atoms with Crippen molar-refractivity contribution in [2.75, 3.05) is 18.8 Å². The van der Waals surface area contributed by atoms with Crippen molar-refractivity contribution in [2.24, 2.45) is 5.92 Å². The quantitative estimate of drug-likeness (QED) is 0.911. The zero-order valence-corrected chi connectivity index (χ0v) is 11.8. The number of nitrogens with zero attached hydrogens (tertiary/aromatic N) is 1. The Morgan fingerprint density at radius 2 is 1.83 bits per heavy atom. The molecule has 0 bridgehead atoms. The van der Waals surface area contributed by atoms with E-state index in [2.05, 4.69) is 10.3 Å². The van der Waals surface area contributed by atoms with Crippen LogP contribution in [0.2, 0.25) is 0 Å². The van der Waals surface area contributed by atoms with E-state index in [1.165, 1.54) is 0 Å². The molecule has 0 saturated carbocycles. The first kappa shape index (κ1) is 15.4. The predicted molar refractivity (Wildman–Crippen MR) is 74.6 cm³/mol. The van der Waals surface area contributed by atoms with Crippen molar-refractivity contribution in [1.82, 2.24) is 10.3 Å². The second-order valence-electron chi connectivity index (χ2n) is 4.60. The molecule has 1 saturated heterocycles. The Morgan fingerprint density at radius 1 is 1.22 bits per heavy atom. The van der Waals surface area contributed by atoms with Crippen LogP contribution in [-0.2, 0) is 15.6 Å². The number of piperidine rings is 1. The number of nitrogens with one attached hydrogen (secondary N) is 1. The fourth-order valence-electron chi connectivity index (χ4n) is 2.20. The number of rotatable bonds is 4. The van der Waals surface area contributed by atoms with Gasteiger partial charge >= 0.3 is 0 Å². The van der Waals surface area contributed by atoms with Gasteiger partial charge in [0.2, 0.25) is 0 Å². The zero-order chi connectivity index (χ0) is 12.1. The zero-order valence-electron chi connectivity index (χ0n) is 10.2. The molecular formula is C12H19ClN2O2S. The van der Waals surface area contributed by atoms with Crippen molar-refractivity contribution in [3.8, 4) is 0 Å². The van der Waals surface area contributed by atoms with Gasteiger partial charge in [0.25, 0.3) is 0 Å². The van der Waals surface area contributed by atoms with Crippen LogP contribution in [0.4, 0.5) is 0 Å². The summed E-state index contributed by atoms with van der Waals surface area (Å²) in [7, 11) is -2.99. The summed E-state index contributed by atoms with van der Waals surface area (Å²) in [5, 5.41) is 3.25. The molecule has 2 heterocycles. The molecule has 1 fully saturated rings. The highest BCUT2D eigenvalue weighted by Gasteiger charge is 2.21. The number of halogens is 1. The summed E-state index contributed by atoms with van der Waals surface area (Å²) in [6, 6.07) is 3.53. The SMILES string of the molecule is Cl.O=S(=O)(Cc1ccncc1)CC1CCNCC1. The van der Waals surface area contributed by atoms with Crippen molar-refractivity contribution in [3.63, 3.8) is 0 Å². The van der Waals surface area contributed by atoms with E-state index < -0.39 is 9.84 Å². The lowest BCUT2D eigenvalue weighted by Crippen LogP contribution is -2.31. The van der Waals surface area contributed by atoms with Crippen LogP contribution in [0.25, 0.3) is 0 Å². The maximum atomic E-state index is 12.0. The Labute approximate surface area is 115 Å². The van der Waals surface area contributed by atoms with Gasteiger partial charge in [0.15, 0.2) is 9.84 Å². The minimum Gasteiger partial charge on any atom is -0.317 e. The summed E-state index contributed by atoms with van der Waals surface area (Å²) in [4.78, 5) is 3.89. The maximum Gasteiger partial charge on any atom is 0.154 e. The topological polar surface area (TPSA) is 59.1 Å². The third-order valence-corrected chi connectivity index (χ3v) is 4.84. The van der Waals surface area contributed by atoms with Gasteiger partial charge in [-0.3, -0.25) is 4.98 Å². The number of aromatic nitrogens is 1. The summed E-state index contributed by atoms with van der Waals surface area (Å²) >= 11 is 0. The summed E-state index contributed by atoms with van der Waals surface area (Å²) in [5.41, 5.74) is 0.828. The molecule has 4 nitrogen and oxygen atoms in total. The molecule has 0 atom stereocenters. The minimum absolute atomic E-state index is 0. The second-order valence-corrected chi connectivity index (χ2v) is 6.71. The van der Waals surface area contributed by atoms with E-state index >= 15 is 0 Å². The van der Waals surface area contributed by atoms with Crippen LogP contribution in [0.5, 0.6) is 0 Å². The maximum absolute atomic E-state index is 12.0. The largest absolute Gasteiger partial charge is 0.317 e. The molecule has 18 heavy (non-hydrogen) atoms. The third kappa shape index (κ3) is 4.92. The highest BCUT2D eigenvalue weighted by Crippen LogP contribution is 2.16. The number of hydrogen-bond donors (Lipinski definition) is 1. The molecule has 1 N–H and O–H groups in total. The minimum atomic E-state index is -2.99. The van der Waals surface area contributed by atoms with Gasteiger partial charge in [-0.05, 0) is 49.5 Å². The van der Waals surface area contributed by atoms with E-state index in [0.29, 0.717) is 11.7 Å². The van der Waals surface area contributed by atoms with Gasteiger partial charge in [0.1, 0.15) is 0 Å². The fraction of sp³-hybridized carbons (Fsp3) is 0.583. The lowest BCUT2D eigenvalue weighted by Gasteiger charge is -2.22. The molecule has 0 amide bonds. The molecule has 6 heteroatoms. The first-order valence-electron chi connectivity index (χ1n) is 5.96. The lowest BCUT2D eigenvalue weighted by atomic mass is 10.0. The molecular weight excluding hydrogens is 272 g/mol. The smallest absolute Gasteiger partial charge is 0.154 e. The predicted octanol–water partition coefficient (Wildman–Crippen LogP) is 1.42. The van der Waals surface area contributed by atoms with Crippen molar-refractivity contribution in [1.29, 1.82) is 0 Å². The van der Waals surface area contributed by atoms with Gasteiger partial charge < -0.3 is 5.32 Å². The van der Waals surface area contributed by atoms with Crippen LogP contribution in [-0.4, -0.2) is 32.2 Å². The van der Waals surface area contributed by atoms with Crippen molar-refractivity contribution < 1.29 is 8.42 Å². The van der Waals surface area contributed by atoms with Gasteiger partial charge in [-0.1, -0.05) is 0 Å². The Kier molecular flexibility index (Phi) is 6.05. The summed E-state index contributed by atoms with van der Waals surface area (Å²) in [6.07, 6.45) is 5.20. The number of pyridine rings is 1. The van der Waals surface area contributed by atoms with Crippen molar-refractivity contribution in [2.45, 2.75) is 18.6 Å². The van der Waals surface area contributed by atoms with Crippen LogP contribution in [0.1, 0.15) is 18.4 Å². The van der Waals surface area contributed by atoms with E-state index in [0.717, 1.165) is 31.5 Å². The monoisotopic (exact) mass is 290 g/mol. The highest BCUT2D eigenvalue weighted by atomic mass is 35.5. The van der Waals surface area contributed by atoms with Crippen LogP contribution < -0.4 is 5.32 Å². The molecule has 0 aromatic carbocycles. The molecule has 0 aliphatic carbocycles. The Hall–Kier alpha value is -0.650. The van der Waals surface area contributed by atoms with Crippen LogP contribution >= 0.6 is 12.4 Å². The van der Waals surface area contributed by atoms with Crippen LogP contribution in [0.15, 0.2) is 24.5 Å². The first-order chi connectivity index (χ1) is 8.16. The summed E-state index contributed by atoms with van der Waals surface area (Å²) < 4.78 is 24.1. The van der Waals surface area contributed by atoms with Gasteiger partial charge in [0.05, 0.1) is 11.5 Å². The molecule has 0 spiro atoms. The van der Waals surface area contributed by atoms with E-state index in [4.69, 9.17) is 0 Å². The lowest BCUT2D eigenvalue weighted by molar-refractivity contribution is 0.401. The second kappa shape index (κ2) is 7.07. The van der Waals surface area contributed by atoms with Crippen molar-refractivity contribution >= 4 is 22.2 Å². The standard InChI is InChI=1S/C12H18N2O2S.ClH/c15-17(16,9-11-1-5-13-6-2-11)10-12-3-7-14-8-4-12;/h1-2,5-6,12,14H,3-4,7-10H2;1H. The Morgan fingerprint density at radius 3 is 2.44 bits per heavy atom. The van der Waals surface area contributed by atoms with Gasteiger partial charge in [-0.2, -0.15) is 0 Å². The molecule has 102 valence electrons. The number of hydrogen-bond acceptors (Lipinski definition) is 4. The van der Waals surface area contributed by atoms with Crippen LogP contribution in [0, 0.1) is 5.92 Å².